The average Bonchev–Trinajstić information content (AvgIpc) is 3.25. The minimum absolute atomic E-state index is 0.167. The van der Waals surface area contributed by atoms with Gasteiger partial charge >= 0.3 is 6.03 Å². The van der Waals surface area contributed by atoms with Gasteiger partial charge in [-0.3, -0.25) is 5.32 Å². The van der Waals surface area contributed by atoms with Crippen LogP contribution in [0.15, 0.2) is 35.0 Å². The highest BCUT2D eigenvalue weighted by Crippen LogP contribution is 2.23. The van der Waals surface area contributed by atoms with E-state index in [0.29, 0.717) is 4.88 Å². The molecule has 0 aliphatic rings. The minimum atomic E-state index is -0.874. The molecule has 6 nitrogen and oxygen atoms in total. The third-order valence-electron chi connectivity index (χ3n) is 3.46. The van der Waals surface area contributed by atoms with Crippen molar-refractivity contribution in [1.29, 1.82) is 0 Å². The zero-order valence-corrected chi connectivity index (χ0v) is 16.1. The number of thiazole rings is 1. The number of halogens is 2. The second-order valence-corrected chi connectivity index (χ2v) is 7.77. The van der Waals surface area contributed by atoms with Gasteiger partial charge in [-0.1, -0.05) is 38.2 Å². The molecule has 2 amide bonds. The van der Waals surface area contributed by atoms with Gasteiger partial charge in [-0.15, -0.1) is 0 Å². The van der Waals surface area contributed by atoms with Crippen LogP contribution in [0.4, 0.5) is 24.4 Å². The standard InChI is InChI=1S/C19H16F2N4O2S/c1-19(2,3)14-10-22-15(27-14)8-7-11-9-23-18(28-11)25-17(26)24-16-12(20)5-4-6-13(16)21/h4-6,9-10H,1-3H3,(H2,23,24,25,26). The zero-order chi connectivity index (χ0) is 20.3. The van der Waals surface area contributed by atoms with Gasteiger partial charge in [0.15, 0.2) is 5.13 Å². The Kier molecular flexibility index (Phi) is 5.42. The molecule has 2 aromatic heterocycles. The van der Waals surface area contributed by atoms with E-state index >= 15 is 0 Å². The maximum Gasteiger partial charge on any atom is 0.325 e. The van der Waals surface area contributed by atoms with Crippen molar-refractivity contribution in [1.82, 2.24) is 9.97 Å². The van der Waals surface area contributed by atoms with E-state index in [4.69, 9.17) is 4.42 Å². The van der Waals surface area contributed by atoms with Gasteiger partial charge in [0.2, 0.25) is 0 Å². The molecule has 0 fully saturated rings. The molecule has 2 heterocycles. The summed E-state index contributed by atoms with van der Waals surface area (Å²) in [4.78, 5) is 20.6. The lowest BCUT2D eigenvalue weighted by atomic mass is 9.94. The first-order chi connectivity index (χ1) is 13.2. The van der Waals surface area contributed by atoms with Crippen LogP contribution < -0.4 is 10.6 Å². The lowest BCUT2D eigenvalue weighted by molar-refractivity contribution is 0.262. The van der Waals surface area contributed by atoms with Crippen molar-refractivity contribution in [3.63, 3.8) is 0 Å². The summed E-state index contributed by atoms with van der Waals surface area (Å²) in [5.74, 6) is 4.89. The number of hydrogen-bond donors (Lipinski definition) is 2. The highest BCUT2D eigenvalue weighted by atomic mass is 32.1. The van der Waals surface area contributed by atoms with Crippen LogP contribution in [0.5, 0.6) is 0 Å². The van der Waals surface area contributed by atoms with Gasteiger partial charge in [-0.05, 0) is 24.0 Å². The van der Waals surface area contributed by atoms with Crippen LogP contribution in [0.1, 0.15) is 37.3 Å². The largest absolute Gasteiger partial charge is 0.435 e. The maximum absolute atomic E-state index is 13.6. The van der Waals surface area contributed by atoms with Crippen molar-refractivity contribution < 1.29 is 18.0 Å². The summed E-state index contributed by atoms with van der Waals surface area (Å²) in [5.41, 5.74) is -0.699. The number of amides is 2. The average molecular weight is 402 g/mol. The van der Waals surface area contributed by atoms with Crippen LogP contribution >= 0.6 is 11.3 Å². The molecule has 9 heteroatoms. The molecule has 0 atom stereocenters. The number of hydrogen-bond acceptors (Lipinski definition) is 5. The first-order valence-electron chi connectivity index (χ1n) is 8.18. The van der Waals surface area contributed by atoms with Crippen LogP contribution in [0.25, 0.3) is 0 Å². The lowest BCUT2D eigenvalue weighted by Gasteiger charge is -2.12. The molecule has 3 aromatic rings. The molecule has 0 saturated carbocycles. The summed E-state index contributed by atoms with van der Waals surface area (Å²) in [5, 5.41) is 4.74. The van der Waals surface area contributed by atoms with Crippen LogP contribution in [-0.2, 0) is 5.41 Å². The summed E-state index contributed by atoms with van der Waals surface area (Å²) >= 11 is 1.10. The topological polar surface area (TPSA) is 80.0 Å². The number of para-hydroxylation sites is 1. The molecule has 1 aromatic carbocycles. The van der Waals surface area contributed by atoms with Crippen molar-refractivity contribution in [2.45, 2.75) is 26.2 Å². The number of oxazole rings is 1. The van der Waals surface area contributed by atoms with Gasteiger partial charge in [0, 0.05) is 5.41 Å². The first kappa shape index (κ1) is 19.5. The van der Waals surface area contributed by atoms with E-state index < -0.39 is 23.4 Å². The molecular formula is C19H16F2N4O2S. The second kappa shape index (κ2) is 7.78. The SMILES string of the molecule is CC(C)(C)c1cnc(C#Cc2cnc(NC(=O)Nc3c(F)cccc3F)s2)o1. The van der Waals surface area contributed by atoms with Gasteiger partial charge in [0.25, 0.3) is 5.89 Å². The van der Waals surface area contributed by atoms with Crippen LogP contribution in [-0.4, -0.2) is 16.0 Å². The predicted octanol–water partition coefficient (Wildman–Crippen LogP) is 4.75. The van der Waals surface area contributed by atoms with Crippen molar-refractivity contribution in [3.05, 3.63) is 58.8 Å². The fourth-order valence-electron chi connectivity index (χ4n) is 2.04. The van der Waals surface area contributed by atoms with Gasteiger partial charge in [0.1, 0.15) is 23.1 Å². The summed E-state index contributed by atoms with van der Waals surface area (Å²) in [7, 11) is 0. The van der Waals surface area contributed by atoms with Crippen molar-refractivity contribution in [3.8, 4) is 11.8 Å². The quantitative estimate of drug-likeness (QED) is 0.606. The van der Waals surface area contributed by atoms with Crippen LogP contribution in [0, 0.1) is 23.5 Å². The maximum atomic E-state index is 13.6. The van der Waals surface area contributed by atoms with Crippen LogP contribution in [0.2, 0.25) is 0 Å². The van der Waals surface area contributed by atoms with Gasteiger partial charge in [-0.25, -0.2) is 23.5 Å². The van der Waals surface area contributed by atoms with Gasteiger partial charge in [-0.2, -0.15) is 0 Å². The molecule has 28 heavy (non-hydrogen) atoms. The zero-order valence-electron chi connectivity index (χ0n) is 15.3. The predicted molar refractivity (Wildman–Crippen MR) is 102 cm³/mol. The molecule has 0 aliphatic heterocycles. The number of carbonyl (C=O) groups excluding carboxylic acids is 1. The number of rotatable bonds is 2. The van der Waals surface area contributed by atoms with E-state index in [1.807, 2.05) is 20.8 Å². The number of urea groups is 1. The normalized spacial score (nSPS) is 10.9. The summed E-state index contributed by atoms with van der Waals surface area (Å²) in [6.45, 7) is 6.01. The highest BCUT2D eigenvalue weighted by molar-refractivity contribution is 7.16. The van der Waals surface area contributed by atoms with E-state index in [0.717, 1.165) is 29.2 Å². The Morgan fingerprint density at radius 2 is 1.82 bits per heavy atom. The molecule has 0 aliphatic carbocycles. The van der Waals surface area contributed by atoms with E-state index in [1.165, 1.54) is 12.3 Å². The molecular weight excluding hydrogens is 386 g/mol. The Labute approximate surface area is 164 Å². The van der Waals surface area contributed by atoms with Crippen molar-refractivity contribution in [2.75, 3.05) is 10.6 Å². The van der Waals surface area contributed by atoms with E-state index in [-0.39, 0.29) is 16.4 Å². The fraction of sp³-hybridized carbons (Fsp3) is 0.211. The molecule has 0 unspecified atom stereocenters. The summed E-state index contributed by atoms with van der Waals surface area (Å²) in [6.07, 6.45) is 3.10. The fourth-order valence-corrected chi connectivity index (χ4v) is 2.71. The smallest absolute Gasteiger partial charge is 0.325 e. The number of nitrogens with zero attached hydrogens (tertiary/aromatic N) is 2. The van der Waals surface area contributed by atoms with Crippen molar-refractivity contribution in [2.24, 2.45) is 0 Å². The van der Waals surface area contributed by atoms with E-state index in [1.54, 1.807) is 6.20 Å². The first-order valence-corrected chi connectivity index (χ1v) is 9.00. The molecule has 3 rings (SSSR count). The molecule has 0 radical (unpaired) electrons. The second-order valence-electron chi connectivity index (χ2n) is 6.74. The minimum Gasteiger partial charge on any atom is -0.435 e. The Balaban J connectivity index is 1.65. The number of carbonyl (C=O) groups is 1. The third kappa shape index (κ3) is 4.72. The van der Waals surface area contributed by atoms with E-state index in [2.05, 4.69) is 32.4 Å². The van der Waals surface area contributed by atoms with E-state index in [9.17, 15) is 13.6 Å². The Hall–Kier alpha value is -3.25. The molecule has 0 spiro atoms. The number of aromatic nitrogens is 2. The number of benzene rings is 1. The van der Waals surface area contributed by atoms with Crippen molar-refractivity contribution >= 4 is 28.2 Å². The Morgan fingerprint density at radius 1 is 1.11 bits per heavy atom. The lowest BCUT2D eigenvalue weighted by Crippen LogP contribution is -2.20. The number of anilines is 2. The third-order valence-corrected chi connectivity index (χ3v) is 4.29. The van der Waals surface area contributed by atoms with Gasteiger partial charge in [0.05, 0.1) is 17.3 Å². The summed E-state index contributed by atoms with van der Waals surface area (Å²) in [6, 6.07) is 2.48. The monoisotopic (exact) mass is 402 g/mol. The Bertz CT molecular complexity index is 1050. The van der Waals surface area contributed by atoms with Crippen LogP contribution in [0.3, 0.4) is 0 Å². The molecule has 0 saturated heterocycles. The molecule has 144 valence electrons. The molecule has 0 bridgehead atoms. The number of nitrogens with one attached hydrogen (secondary N) is 2. The Morgan fingerprint density at radius 3 is 2.46 bits per heavy atom. The highest BCUT2D eigenvalue weighted by Gasteiger charge is 2.18. The van der Waals surface area contributed by atoms with Gasteiger partial charge < -0.3 is 9.73 Å². The summed E-state index contributed by atoms with van der Waals surface area (Å²) < 4.78 is 32.7. The molecule has 2 N–H and O–H groups in total.